The lowest BCUT2D eigenvalue weighted by molar-refractivity contribution is 0.200. The lowest BCUT2D eigenvalue weighted by Gasteiger charge is -2.17. The van der Waals surface area contributed by atoms with Crippen LogP contribution in [0.25, 0.3) is 22.3 Å². The Kier molecular flexibility index (Phi) is 4.31. The van der Waals surface area contributed by atoms with E-state index in [1.54, 1.807) is 0 Å². The molecule has 0 radical (unpaired) electrons. The molecule has 1 nitrogen and oxygen atoms in total. The van der Waals surface area contributed by atoms with E-state index >= 15 is 0 Å². The monoisotopic (exact) mass is 302 g/mol. The molecular formula is C22H22O. The molecule has 0 spiro atoms. The first-order valence-corrected chi connectivity index (χ1v) is 8.02. The van der Waals surface area contributed by atoms with Gasteiger partial charge >= 0.3 is 0 Å². The summed E-state index contributed by atoms with van der Waals surface area (Å²) in [5.41, 5.74) is 8.09. The summed E-state index contributed by atoms with van der Waals surface area (Å²) in [6, 6.07) is 23.1. The minimum Gasteiger partial charge on any atom is -0.389 e. The van der Waals surface area contributed by atoms with Gasteiger partial charge in [-0.05, 0) is 65.8 Å². The van der Waals surface area contributed by atoms with E-state index in [0.29, 0.717) is 0 Å². The number of aliphatic hydroxyl groups excluding tert-OH is 1. The van der Waals surface area contributed by atoms with E-state index in [9.17, 15) is 5.11 Å². The molecule has 0 aliphatic heterocycles. The highest BCUT2D eigenvalue weighted by atomic mass is 16.3. The Hall–Kier alpha value is -2.38. The average Bonchev–Trinajstić information content (AvgIpc) is 2.55. The maximum Gasteiger partial charge on any atom is 0.0768 e. The largest absolute Gasteiger partial charge is 0.389 e. The molecule has 1 N–H and O–H groups in total. The third-order valence-corrected chi connectivity index (χ3v) is 4.39. The van der Waals surface area contributed by atoms with Crippen LogP contribution in [0.2, 0.25) is 0 Å². The van der Waals surface area contributed by atoms with Crippen molar-refractivity contribution < 1.29 is 5.11 Å². The van der Waals surface area contributed by atoms with Crippen LogP contribution in [0.1, 0.15) is 29.7 Å². The summed E-state index contributed by atoms with van der Waals surface area (Å²) in [5.74, 6) is 0. The van der Waals surface area contributed by atoms with E-state index in [4.69, 9.17) is 0 Å². The highest BCUT2D eigenvalue weighted by Crippen LogP contribution is 2.34. The molecule has 0 saturated heterocycles. The van der Waals surface area contributed by atoms with E-state index in [2.05, 4.69) is 68.4 Å². The first-order chi connectivity index (χ1) is 11.1. The van der Waals surface area contributed by atoms with Gasteiger partial charge in [-0.3, -0.25) is 0 Å². The van der Waals surface area contributed by atoms with Crippen molar-refractivity contribution in [2.75, 3.05) is 0 Å². The lowest BCUT2D eigenvalue weighted by Crippen LogP contribution is -1.97. The molecule has 0 aliphatic carbocycles. The van der Waals surface area contributed by atoms with Crippen LogP contribution in [0.5, 0.6) is 0 Å². The van der Waals surface area contributed by atoms with E-state index in [1.165, 1.54) is 22.3 Å². The normalized spacial score (nSPS) is 12.2. The van der Waals surface area contributed by atoms with E-state index in [1.807, 2.05) is 19.1 Å². The Bertz CT molecular complexity index is 831. The van der Waals surface area contributed by atoms with Crippen molar-refractivity contribution in [3.05, 3.63) is 83.4 Å². The quantitative estimate of drug-likeness (QED) is 0.659. The molecule has 0 aromatic heterocycles. The van der Waals surface area contributed by atoms with Crippen molar-refractivity contribution in [2.24, 2.45) is 0 Å². The smallest absolute Gasteiger partial charge is 0.0768 e. The summed E-state index contributed by atoms with van der Waals surface area (Å²) < 4.78 is 0. The molecule has 0 aliphatic rings. The number of aliphatic hydroxyl groups is 1. The molecule has 0 heterocycles. The summed E-state index contributed by atoms with van der Waals surface area (Å²) in [6.07, 6.45) is -0.506. The van der Waals surface area contributed by atoms with Gasteiger partial charge in [0.1, 0.15) is 0 Å². The number of rotatable bonds is 3. The highest BCUT2D eigenvalue weighted by Gasteiger charge is 2.13. The highest BCUT2D eigenvalue weighted by molar-refractivity contribution is 5.76. The van der Waals surface area contributed by atoms with Gasteiger partial charge in [-0.1, -0.05) is 60.7 Å². The predicted molar refractivity (Wildman–Crippen MR) is 97.4 cm³/mol. The molecule has 1 heteroatoms. The van der Waals surface area contributed by atoms with Gasteiger partial charge in [-0.15, -0.1) is 0 Å². The van der Waals surface area contributed by atoms with Crippen molar-refractivity contribution in [3.63, 3.8) is 0 Å². The summed E-state index contributed by atoms with van der Waals surface area (Å²) in [4.78, 5) is 0. The molecule has 0 unspecified atom stereocenters. The van der Waals surface area contributed by atoms with Crippen LogP contribution in [0.15, 0.2) is 66.7 Å². The number of benzene rings is 3. The lowest BCUT2D eigenvalue weighted by atomic mass is 9.90. The third kappa shape index (κ3) is 3.06. The number of aryl methyl sites for hydroxylation is 2. The Morgan fingerprint density at radius 1 is 0.696 bits per heavy atom. The van der Waals surface area contributed by atoms with Gasteiger partial charge < -0.3 is 5.11 Å². The van der Waals surface area contributed by atoms with E-state index in [0.717, 1.165) is 16.7 Å². The second-order valence-electron chi connectivity index (χ2n) is 6.11. The zero-order valence-corrected chi connectivity index (χ0v) is 13.9. The predicted octanol–water partition coefficient (Wildman–Crippen LogP) is 5.69. The molecular weight excluding hydrogens is 280 g/mol. The molecule has 0 fully saturated rings. The van der Waals surface area contributed by atoms with E-state index < -0.39 is 6.10 Å². The number of hydrogen-bond donors (Lipinski definition) is 1. The molecule has 3 aromatic carbocycles. The average molecular weight is 302 g/mol. The van der Waals surface area contributed by atoms with Gasteiger partial charge in [-0.2, -0.15) is 0 Å². The van der Waals surface area contributed by atoms with Crippen molar-refractivity contribution in [3.8, 4) is 22.3 Å². The molecule has 1 atom stereocenters. The molecule has 0 saturated carbocycles. The SMILES string of the molecule is Cc1ccccc1-c1ccc(-c2ccccc2C)c([C@H](C)O)c1. The second kappa shape index (κ2) is 6.39. The fraction of sp³-hybridized carbons (Fsp3) is 0.182. The Balaban J connectivity index is 2.18. The van der Waals surface area contributed by atoms with Crippen molar-refractivity contribution in [2.45, 2.75) is 26.9 Å². The van der Waals surface area contributed by atoms with Gasteiger partial charge in [0.25, 0.3) is 0 Å². The topological polar surface area (TPSA) is 20.2 Å². The van der Waals surface area contributed by atoms with Crippen LogP contribution in [0.4, 0.5) is 0 Å². The minimum atomic E-state index is -0.506. The summed E-state index contributed by atoms with van der Waals surface area (Å²) in [5, 5.41) is 10.3. The molecule has 0 bridgehead atoms. The van der Waals surface area contributed by atoms with Crippen LogP contribution < -0.4 is 0 Å². The number of hydrogen-bond acceptors (Lipinski definition) is 1. The summed E-state index contributed by atoms with van der Waals surface area (Å²) >= 11 is 0. The van der Waals surface area contributed by atoms with E-state index in [-0.39, 0.29) is 0 Å². The van der Waals surface area contributed by atoms with Gasteiger partial charge in [0.15, 0.2) is 0 Å². The molecule has 3 aromatic rings. The van der Waals surface area contributed by atoms with Crippen molar-refractivity contribution >= 4 is 0 Å². The van der Waals surface area contributed by atoms with Crippen LogP contribution >= 0.6 is 0 Å². The fourth-order valence-corrected chi connectivity index (χ4v) is 3.09. The molecule has 116 valence electrons. The summed E-state index contributed by atoms with van der Waals surface area (Å²) in [6.45, 7) is 6.06. The van der Waals surface area contributed by atoms with Crippen LogP contribution in [-0.4, -0.2) is 5.11 Å². The van der Waals surface area contributed by atoms with Gasteiger partial charge in [0, 0.05) is 0 Å². The van der Waals surface area contributed by atoms with Gasteiger partial charge in [0.05, 0.1) is 6.10 Å². The second-order valence-corrected chi connectivity index (χ2v) is 6.11. The maximum atomic E-state index is 10.3. The molecule has 3 rings (SSSR count). The van der Waals surface area contributed by atoms with Crippen LogP contribution in [0.3, 0.4) is 0 Å². The Morgan fingerprint density at radius 2 is 1.26 bits per heavy atom. The molecule has 0 amide bonds. The third-order valence-electron chi connectivity index (χ3n) is 4.39. The van der Waals surface area contributed by atoms with Crippen LogP contribution in [0, 0.1) is 13.8 Å². The first kappa shape index (κ1) is 15.5. The summed E-state index contributed by atoms with van der Waals surface area (Å²) in [7, 11) is 0. The van der Waals surface area contributed by atoms with Crippen LogP contribution in [-0.2, 0) is 0 Å². The fourth-order valence-electron chi connectivity index (χ4n) is 3.09. The Labute approximate surface area is 138 Å². The van der Waals surface area contributed by atoms with Gasteiger partial charge in [-0.25, -0.2) is 0 Å². The van der Waals surface area contributed by atoms with Crippen molar-refractivity contribution in [1.82, 2.24) is 0 Å². The zero-order chi connectivity index (χ0) is 16.4. The molecule has 23 heavy (non-hydrogen) atoms. The van der Waals surface area contributed by atoms with Crippen molar-refractivity contribution in [1.29, 1.82) is 0 Å². The first-order valence-electron chi connectivity index (χ1n) is 8.02. The minimum absolute atomic E-state index is 0.506. The standard InChI is InChI=1S/C22H22O/c1-15-8-4-6-10-19(15)18-12-13-21(22(14-18)17(3)23)20-11-7-5-9-16(20)2/h4-14,17,23H,1-3H3/t17-/m0/s1. The Morgan fingerprint density at radius 3 is 1.83 bits per heavy atom. The van der Waals surface area contributed by atoms with Gasteiger partial charge in [0.2, 0.25) is 0 Å². The zero-order valence-electron chi connectivity index (χ0n) is 13.9. The maximum absolute atomic E-state index is 10.3.